The molecule has 70 heavy (non-hydrogen) atoms. The molecule has 4 heteroatoms. The predicted octanol–water partition coefficient (Wildman–Crippen LogP) is 16.9. The third-order valence-corrected chi connectivity index (χ3v) is 14.6. The summed E-state index contributed by atoms with van der Waals surface area (Å²) in [6.45, 7) is 0. The van der Waals surface area contributed by atoms with Gasteiger partial charge < -0.3 is 0 Å². The van der Waals surface area contributed by atoms with Gasteiger partial charge in [-0.3, -0.25) is 9.98 Å². The number of allylic oxidation sites excluding steroid dienone is 5. The second-order valence-electron chi connectivity index (χ2n) is 18.5. The van der Waals surface area contributed by atoms with Crippen LogP contribution >= 0.6 is 0 Å². The highest BCUT2D eigenvalue weighted by Gasteiger charge is 2.27. The number of aliphatic imine (C=N–C) groups is 1. The van der Waals surface area contributed by atoms with Gasteiger partial charge in [-0.05, 0) is 119 Å². The molecule has 0 saturated heterocycles. The van der Waals surface area contributed by atoms with Crippen LogP contribution in [0.5, 0.6) is 0 Å². The molecule has 14 rings (SSSR count). The molecule has 0 bridgehead atoms. The van der Waals surface area contributed by atoms with Crippen LogP contribution in [0.25, 0.3) is 121 Å². The average Bonchev–Trinajstić information content (AvgIpc) is 3.44. The summed E-state index contributed by atoms with van der Waals surface area (Å²) in [7, 11) is 0. The van der Waals surface area contributed by atoms with Crippen LogP contribution in [0.3, 0.4) is 0 Å². The lowest BCUT2D eigenvalue weighted by atomic mass is 9.79. The van der Waals surface area contributed by atoms with Crippen molar-refractivity contribution in [2.75, 3.05) is 0 Å². The molecule has 0 N–H and O–H groups in total. The highest BCUT2D eigenvalue weighted by Crippen LogP contribution is 2.45. The first kappa shape index (κ1) is 40.0. The summed E-state index contributed by atoms with van der Waals surface area (Å²) in [5, 5.41) is 11.8. The topological polar surface area (TPSA) is 51.0 Å². The lowest BCUT2D eigenvalue weighted by Gasteiger charge is -2.26. The average molecular weight is 891 g/mol. The third kappa shape index (κ3) is 6.60. The Bertz CT molecular complexity index is 4230. The SMILES string of the molecule is C1=CC2=NC=CC(c3ccc(-c4nc(-c5ccc(-c6ccnc7ccccc67)cc5)nc5c(-c6cc7ccccc7c7ccccc67)cc(-c6cc7ccccc7c7ccccc67)cc45)cc3)C2C=C1. The molecule has 0 radical (unpaired) electrons. The number of hydrogen-bond donors (Lipinski definition) is 0. The fraction of sp³-hybridized carbons (Fsp3) is 0.0303. The molecule has 0 fully saturated rings. The van der Waals surface area contributed by atoms with Gasteiger partial charge in [0.25, 0.3) is 0 Å². The molecule has 0 spiro atoms. The van der Waals surface area contributed by atoms with Gasteiger partial charge in [0.2, 0.25) is 0 Å². The van der Waals surface area contributed by atoms with E-state index in [1.807, 2.05) is 18.5 Å². The molecule has 2 aromatic heterocycles. The Morgan fingerprint density at radius 1 is 0.371 bits per heavy atom. The Labute approximate surface area is 405 Å². The van der Waals surface area contributed by atoms with Gasteiger partial charge in [-0.15, -0.1) is 0 Å². The Hall–Kier alpha value is -9.12. The van der Waals surface area contributed by atoms with Crippen LogP contribution in [0.15, 0.2) is 248 Å². The van der Waals surface area contributed by atoms with Gasteiger partial charge in [0.05, 0.1) is 16.7 Å². The largest absolute Gasteiger partial charge is 0.261 e. The first-order chi connectivity index (χ1) is 34.7. The van der Waals surface area contributed by atoms with E-state index in [-0.39, 0.29) is 11.8 Å². The van der Waals surface area contributed by atoms with Crippen molar-refractivity contribution in [3.63, 3.8) is 0 Å². The van der Waals surface area contributed by atoms with Crippen LogP contribution in [-0.4, -0.2) is 20.7 Å². The zero-order chi connectivity index (χ0) is 46.1. The van der Waals surface area contributed by atoms with E-state index in [1.54, 1.807) is 0 Å². The number of benzene rings is 10. The zero-order valence-corrected chi connectivity index (χ0v) is 38.0. The summed E-state index contributed by atoms with van der Waals surface area (Å²) in [4.78, 5) is 20.6. The maximum absolute atomic E-state index is 5.67. The number of nitrogens with zero attached hydrogens (tertiary/aromatic N) is 4. The quantitative estimate of drug-likeness (QED) is 0.156. The molecule has 326 valence electrons. The molecule has 3 heterocycles. The first-order valence-electron chi connectivity index (χ1n) is 24.0. The fourth-order valence-electron chi connectivity index (χ4n) is 11.2. The minimum Gasteiger partial charge on any atom is -0.261 e. The summed E-state index contributed by atoms with van der Waals surface area (Å²) in [5.74, 6) is 1.04. The molecule has 1 aliphatic carbocycles. The summed E-state index contributed by atoms with van der Waals surface area (Å²) in [6, 6.07) is 72.7. The van der Waals surface area contributed by atoms with Gasteiger partial charge in [-0.1, -0.05) is 188 Å². The highest BCUT2D eigenvalue weighted by atomic mass is 14.9. The van der Waals surface area contributed by atoms with Crippen molar-refractivity contribution in [1.29, 1.82) is 0 Å². The minimum atomic E-state index is 0.178. The minimum absolute atomic E-state index is 0.178. The van der Waals surface area contributed by atoms with Crippen molar-refractivity contribution in [1.82, 2.24) is 15.0 Å². The number of aromatic nitrogens is 3. The van der Waals surface area contributed by atoms with E-state index in [2.05, 4.69) is 229 Å². The van der Waals surface area contributed by atoms with E-state index in [9.17, 15) is 0 Å². The Kier molecular flexibility index (Phi) is 9.31. The van der Waals surface area contributed by atoms with Crippen LogP contribution in [0.4, 0.5) is 0 Å². The van der Waals surface area contributed by atoms with Crippen molar-refractivity contribution in [3.05, 3.63) is 249 Å². The predicted molar refractivity (Wildman–Crippen MR) is 293 cm³/mol. The second kappa shape index (κ2) is 16.3. The summed E-state index contributed by atoms with van der Waals surface area (Å²) < 4.78 is 0. The lowest BCUT2D eigenvalue weighted by Crippen LogP contribution is -2.21. The third-order valence-electron chi connectivity index (χ3n) is 14.6. The maximum atomic E-state index is 5.67. The zero-order valence-electron chi connectivity index (χ0n) is 38.0. The van der Waals surface area contributed by atoms with E-state index in [0.717, 1.165) is 72.2 Å². The number of rotatable bonds is 6. The van der Waals surface area contributed by atoms with Crippen LogP contribution in [-0.2, 0) is 0 Å². The van der Waals surface area contributed by atoms with E-state index >= 15 is 0 Å². The Morgan fingerprint density at radius 2 is 0.986 bits per heavy atom. The molecule has 0 amide bonds. The van der Waals surface area contributed by atoms with E-state index < -0.39 is 0 Å². The van der Waals surface area contributed by atoms with Gasteiger partial charge in [0.1, 0.15) is 0 Å². The lowest BCUT2D eigenvalue weighted by molar-refractivity contribution is 0.731. The van der Waals surface area contributed by atoms with Crippen LogP contribution in [0.1, 0.15) is 11.5 Å². The van der Waals surface area contributed by atoms with Crippen LogP contribution in [0, 0.1) is 5.92 Å². The smallest absolute Gasteiger partial charge is 0.160 e. The number of pyridine rings is 1. The Balaban J connectivity index is 1.04. The number of hydrogen-bond acceptors (Lipinski definition) is 4. The number of para-hydroxylation sites is 1. The van der Waals surface area contributed by atoms with Gasteiger partial charge in [-0.25, -0.2) is 9.97 Å². The van der Waals surface area contributed by atoms with Crippen LogP contribution < -0.4 is 0 Å². The molecule has 4 nitrogen and oxygen atoms in total. The fourth-order valence-corrected chi connectivity index (χ4v) is 11.2. The highest BCUT2D eigenvalue weighted by molar-refractivity contribution is 6.19. The maximum Gasteiger partial charge on any atom is 0.160 e. The normalized spacial score (nSPS) is 15.3. The second-order valence-corrected chi connectivity index (χ2v) is 18.5. The summed E-state index contributed by atoms with van der Waals surface area (Å²) in [6.07, 6.45) is 14.7. The van der Waals surface area contributed by atoms with Gasteiger partial charge in [0.15, 0.2) is 5.82 Å². The Morgan fingerprint density at radius 3 is 1.73 bits per heavy atom. The van der Waals surface area contributed by atoms with Gasteiger partial charge in [-0.2, -0.15) is 0 Å². The molecule has 0 saturated carbocycles. The van der Waals surface area contributed by atoms with Crippen molar-refractivity contribution < 1.29 is 0 Å². The standard InChI is InChI=1S/C66H42N4/c1-3-15-48-45(13-1)37-58(54-19-7-5-17-52(48)54)47-39-60(59-38-46-14-2-4-16-49(46)53-18-6-8-20-55(53)59)65-61(40-47)64(43-29-25-41(26-30-43)50-33-35-67-62-23-11-9-21-56(50)62)69-66(70-65)44-31-27-42(28-32-44)51-34-36-68-63-24-12-10-22-57(51)63/h1-40,50,56H. The van der Waals surface area contributed by atoms with Crippen molar-refractivity contribution in [3.8, 4) is 56.0 Å². The molecule has 2 atom stereocenters. The molecule has 2 aliphatic rings. The first-order valence-corrected chi connectivity index (χ1v) is 24.0. The van der Waals surface area contributed by atoms with Gasteiger partial charge in [0, 0.05) is 57.4 Å². The van der Waals surface area contributed by atoms with Crippen LogP contribution in [0.2, 0.25) is 0 Å². The van der Waals surface area contributed by atoms with Crippen molar-refractivity contribution >= 4 is 70.6 Å². The summed E-state index contributed by atoms with van der Waals surface area (Å²) in [5.41, 5.74) is 13.8. The molecule has 2 unspecified atom stereocenters. The number of fused-ring (bicyclic) bond motifs is 9. The summed E-state index contributed by atoms with van der Waals surface area (Å²) >= 11 is 0. The molecule has 12 aromatic rings. The van der Waals surface area contributed by atoms with Crippen molar-refractivity contribution in [2.24, 2.45) is 10.9 Å². The van der Waals surface area contributed by atoms with Crippen molar-refractivity contribution in [2.45, 2.75) is 5.92 Å². The molecule has 1 aliphatic heterocycles. The molecular weight excluding hydrogens is 849 g/mol. The molecular formula is C66H42N4. The van der Waals surface area contributed by atoms with E-state index in [4.69, 9.17) is 15.0 Å². The molecule has 10 aromatic carbocycles. The van der Waals surface area contributed by atoms with E-state index in [0.29, 0.717) is 5.82 Å². The monoisotopic (exact) mass is 890 g/mol. The van der Waals surface area contributed by atoms with Gasteiger partial charge >= 0.3 is 0 Å². The van der Waals surface area contributed by atoms with E-state index in [1.165, 1.54) is 54.2 Å².